The van der Waals surface area contributed by atoms with Crippen LogP contribution in [0.25, 0.3) is 0 Å². The maximum Gasteiger partial charge on any atom is 0.347 e. The molecule has 9 nitrogen and oxygen atoms in total. The highest BCUT2D eigenvalue weighted by atomic mass is 16.6. The Bertz CT molecular complexity index is 984. The van der Waals surface area contributed by atoms with Crippen molar-refractivity contribution in [3.05, 3.63) is 59.7 Å². The number of aldehydes is 1. The van der Waals surface area contributed by atoms with Crippen LogP contribution in [0.15, 0.2) is 53.7 Å². The van der Waals surface area contributed by atoms with Crippen molar-refractivity contribution in [3.8, 4) is 11.5 Å². The maximum absolute atomic E-state index is 11.8. The maximum atomic E-state index is 11.8. The summed E-state index contributed by atoms with van der Waals surface area (Å²) in [4.78, 5) is 34.0. The summed E-state index contributed by atoms with van der Waals surface area (Å²) >= 11 is 0. The molecular weight excluding hydrogens is 478 g/mol. The topological polar surface area (TPSA) is 121 Å². The zero-order chi connectivity index (χ0) is 27.8. The summed E-state index contributed by atoms with van der Waals surface area (Å²) in [7, 11) is 0. The van der Waals surface area contributed by atoms with Crippen LogP contribution in [0.3, 0.4) is 0 Å². The highest BCUT2D eigenvalue weighted by Crippen LogP contribution is 2.19. The molecular formula is C28H37NO8. The van der Waals surface area contributed by atoms with Gasteiger partial charge in [0.05, 0.1) is 19.4 Å². The van der Waals surface area contributed by atoms with E-state index in [4.69, 9.17) is 24.2 Å². The largest absolute Gasteiger partial charge is 0.478 e. The fraction of sp³-hybridized carbons (Fsp3) is 0.429. The first-order valence-corrected chi connectivity index (χ1v) is 12.2. The average molecular weight is 516 g/mol. The molecule has 2 aromatic carbocycles. The van der Waals surface area contributed by atoms with E-state index in [0.29, 0.717) is 30.3 Å². The van der Waals surface area contributed by atoms with E-state index in [1.54, 1.807) is 62.4 Å². The fourth-order valence-electron chi connectivity index (χ4n) is 2.98. The standard InChI is InChI=1S/C14H19NO4.C14H18O4/c1-4-18-14(16)13(10(2)3)19-12-7-5-11(6-8-12)9-15-17;1-4-17-14(16)13(10(2)3)18-12-7-5-11(9-15)6-8-12/h5-10,13,17H,4H2,1-3H3;5-10,13H,4H2,1-3H3/b15-9-;/t2*13-/m00/s1. The van der Waals surface area contributed by atoms with Crippen molar-refractivity contribution < 1.29 is 38.5 Å². The molecule has 0 aromatic heterocycles. The number of carbonyl (C=O) groups is 3. The van der Waals surface area contributed by atoms with E-state index in [1.165, 1.54) is 6.21 Å². The van der Waals surface area contributed by atoms with Gasteiger partial charge in [0.2, 0.25) is 0 Å². The van der Waals surface area contributed by atoms with Crippen LogP contribution in [0.5, 0.6) is 11.5 Å². The van der Waals surface area contributed by atoms with Gasteiger partial charge in [-0.25, -0.2) is 9.59 Å². The fourth-order valence-corrected chi connectivity index (χ4v) is 2.98. The Kier molecular flexibility index (Phi) is 14.1. The molecule has 0 saturated heterocycles. The second-order valence-corrected chi connectivity index (χ2v) is 8.57. The molecule has 0 fully saturated rings. The number of rotatable bonds is 12. The van der Waals surface area contributed by atoms with Crippen molar-refractivity contribution in [1.82, 2.24) is 0 Å². The van der Waals surface area contributed by atoms with E-state index in [-0.39, 0.29) is 23.8 Å². The summed E-state index contributed by atoms with van der Waals surface area (Å²) in [5.74, 6) is 0.409. The van der Waals surface area contributed by atoms with Crippen molar-refractivity contribution in [1.29, 1.82) is 0 Å². The SMILES string of the molecule is CCOC(=O)[C@@H](Oc1ccc(/C=N\O)cc1)C(C)C.CCOC(=O)[C@@H](Oc1ccc(C=O)cc1)C(C)C. The molecule has 0 aliphatic rings. The molecule has 37 heavy (non-hydrogen) atoms. The number of ether oxygens (including phenoxy) is 4. The van der Waals surface area contributed by atoms with E-state index < -0.39 is 12.2 Å². The second kappa shape index (κ2) is 16.7. The molecule has 0 aliphatic carbocycles. The van der Waals surface area contributed by atoms with Crippen LogP contribution in [0.2, 0.25) is 0 Å². The molecule has 0 saturated carbocycles. The van der Waals surface area contributed by atoms with Crippen LogP contribution in [-0.4, -0.2) is 55.1 Å². The molecule has 0 aliphatic heterocycles. The number of oxime groups is 1. The van der Waals surface area contributed by atoms with E-state index in [1.807, 2.05) is 27.7 Å². The Balaban J connectivity index is 0.000000371. The van der Waals surface area contributed by atoms with Crippen LogP contribution in [0.4, 0.5) is 0 Å². The predicted octanol–water partition coefficient (Wildman–Crippen LogP) is 4.93. The summed E-state index contributed by atoms with van der Waals surface area (Å²) in [6.07, 6.45) is 0.814. The molecule has 0 spiro atoms. The van der Waals surface area contributed by atoms with Gasteiger partial charge in [0.1, 0.15) is 17.8 Å². The van der Waals surface area contributed by atoms with Crippen LogP contribution in [-0.2, 0) is 19.1 Å². The number of hydrogen-bond acceptors (Lipinski definition) is 9. The van der Waals surface area contributed by atoms with E-state index in [2.05, 4.69) is 5.16 Å². The van der Waals surface area contributed by atoms with E-state index in [0.717, 1.165) is 11.8 Å². The van der Waals surface area contributed by atoms with Crippen molar-refractivity contribution in [2.75, 3.05) is 13.2 Å². The summed E-state index contributed by atoms with van der Waals surface area (Å²) < 4.78 is 21.2. The monoisotopic (exact) mass is 515 g/mol. The van der Waals surface area contributed by atoms with Gasteiger partial charge in [0.25, 0.3) is 0 Å². The highest BCUT2D eigenvalue weighted by molar-refractivity contribution is 5.79. The van der Waals surface area contributed by atoms with Crippen LogP contribution >= 0.6 is 0 Å². The first kappa shape index (κ1) is 31.2. The Hall–Kier alpha value is -3.88. The molecule has 0 unspecified atom stereocenters. The molecule has 9 heteroatoms. The summed E-state index contributed by atoms with van der Waals surface area (Å²) in [6, 6.07) is 13.5. The van der Waals surface area contributed by atoms with Crippen molar-refractivity contribution in [3.63, 3.8) is 0 Å². The van der Waals surface area contributed by atoms with Crippen molar-refractivity contribution in [2.45, 2.75) is 53.8 Å². The summed E-state index contributed by atoms with van der Waals surface area (Å²) in [5.41, 5.74) is 1.31. The van der Waals surface area contributed by atoms with Crippen LogP contribution in [0, 0.1) is 11.8 Å². The third kappa shape index (κ3) is 11.2. The zero-order valence-corrected chi connectivity index (χ0v) is 22.2. The molecule has 0 heterocycles. The quantitative estimate of drug-likeness (QED) is 0.139. The Morgan fingerprint density at radius 1 is 0.757 bits per heavy atom. The molecule has 2 aromatic rings. The summed E-state index contributed by atoms with van der Waals surface area (Å²) in [5, 5.41) is 11.4. The molecule has 0 radical (unpaired) electrons. The lowest BCUT2D eigenvalue weighted by molar-refractivity contribution is -0.154. The van der Waals surface area contributed by atoms with Gasteiger partial charge in [-0.3, -0.25) is 4.79 Å². The van der Waals surface area contributed by atoms with Crippen LogP contribution < -0.4 is 9.47 Å². The van der Waals surface area contributed by atoms with Gasteiger partial charge in [0.15, 0.2) is 12.2 Å². The second-order valence-electron chi connectivity index (χ2n) is 8.57. The Morgan fingerprint density at radius 3 is 1.43 bits per heavy atom. The number of benzene rings is 2. The zero-order valence-electron chi connectivity index (χ0n) is 22.2. The van der Waals surface area contributed by atoms with Gasteiger partial charge >= 0.3 is 11.9 Å². The molecule has 1 N–H and O–H groups in total. The molecule has 2 rings (SSSR count). The Labute approximate surface area is 218 Å². The number of esters is 2. The van der Waals surface area contributed by atoms with Gasteiger partial charge in [0, 0.05) is 17.4 Å². The minimum absolute atomic E-state index is 0.00907. The predicted molar refractivity (Wildman–Crippen MR) is 139 cm³/mol. The smallest absolute Gasteiger partial charge is 0.347 e. The average Bonchev–Trinajstić information content (AvgIpc) is 2.87. The molecule has 0 amide bonds. The first-order chi connectivity index (χ1) is 17.7. The molecule has 202 valence electrons. The summed E-state index contributed by atoms with van der Waals surface area (Å²) in [6.45, 7) is 11.8. The van der Waals surface area contributed by atoms with Gasteiger partial charge < -0.3 is 24.2 Å². The lowest BCUT2D eigenvalue weighted by atomic mass is 10.1. The number of hydrogen-bond donors (Lipinski definition) is 1. The lowest BCUT2D eigenvalue weighted by Gasteiger charge is -2.20. The molecule has 0 bridgehead atoms. The minimum Gasteiger partial charge on any atom is -0.478 e. The van der Waals surface area contributed by atoms with E-state index >= 15 is 0 Å². The van der Waals surface area contributed by atoms with Crippen molar-refractivity contribution >= 4 is 24.4 Å². The van der Waals surface area contributed by atoms with Crippen molar-refractivity contribution in [2.24, 2.45) is 17.0 Å². The highest BCUT2D eigenvalue weighted by Gasteiger charge is 2.26. The third-order valence-electron chi connectivity index (χ3n) is 4.88. The minimum atomic E-state index is -0.632. The number of carbonyl (C=O) groups excluding carboxylic acids is 3. The third-order valence-corrected chi connectivity index (χ3v) is 4.88. The normalized spacial score (nSPS) is 12.3. The van der Waals surface area contributed by atoms with Gasteiger partial charge in [-0.1, -0.05) is 32.9 Å². The van der Waals surface area contributed by atoms with Gasteiger partial charge in [-0.15, -0.1) is 0 Å². The first-order valence-electron chi connectivity index (χ1n) is 12.2. The number of nitrogens with zero attached hydrogens (tertiary/aromatic N) is 1. The molecule has 2 atom stereocenters. The Morgan fingerprint density at radius 2 is 1.14 bits per heavy atom. The van der Waals surface area contributed by atoms with Gasteiger partial charge in [-0.05, 0) is 67.9 Å². The van der Waals surface area contributed by atoms with Gasteiger partial charge in [-0.2, -0.15) is 0 Å². The van der Waals surface area contributed by atoms with Crippen LogP contribution in [0.1, 0.15) is 57.5 Å². The lowest BCUT2D eigenvalue weighted by Crippen LogP contribution is -2.34. The van der Waals surface area contributed by atoms with E-state index in [9.17, 15) is 14.4 Å².